The average Bonchev–Trinajstić information content (AvgIpc) is 3.11. The minimum atomic E-state index is -0.124. The fourth-order valence-electron chi connectivity index (χ4n) is 8.04. The van der Waals surface area contributed by atoms with Gasteiger partial charge in [0.2, 0.25) is 0 Å². The molecule has 0 aliphatic heterocycles. The van der Waals surface area contributed by atoms with Gasteiger partial charge < -0.3 is 0 Å². The van der Waals surface area contributed by atoms with E-state index in [-0.39, 0.29) is 5.41 Å². The molecule has 0 bridgehead atoms. The Kier molecular flexibility index (Phi) is 4.20. The normalized spacial score (nSPS) is 44.3. The average molecular weight is 381 g/mol. The topological polar surface area (TPSA) is 34.9 Å². The van der Waals surface area contributed by atoms with Gasteiger partial charge in [-0.25, -0.2) is 0 Å². The maximum Gasteiger partial charge on any atom is 0.165 e. The Morgan fingerprint density at radius 2 is 1.93 bits per heavy atom. The highest BCUT2D eigenvalue weighted by atomic mass is 16.1. The lowest BCUT2D eigenvalue weighted by atomic mass is 9.45. The largest absolute Gasteiger partial charge is 0.294 e. The van der Waals surface area contributed by atoms with Crippen LogP contribution in [0.5, 0.6) is 0 Å². The van der Waals surface area contributed by atoms with Crippen LogP contribution in [-0.4, -0.2) is 15.6 Å². The van der Waals surface area contributed by atoms with E-state index in [1.165, 1.54) is 44.9 Å². The van der Waals surface area contributed by atoms with Crippen LogP contribution in [0.3, 0.4) is 0 Å². The Hall–Kier alpha value is -1.38. The molecule has 0 aromatic carbocycles. The molecule has 1 aromatic heterocycles. The van der Waals surface area contributed by atoms with Crippen molar-refractivity contribution in [3.63, 3.8) is 0 Å². The number of carbonyl (C=O) groups excluding carboxylic acids is 1. The van der Waals surface area contributed by atoms with Crippen molar-refractivity contribution in [1.82, 2.24) is 9.78 Å². The number of nitrogens with zero attached hydrogens (tertiary/aromatic N) is 2. The van der Waals surface area contributed by atoms with Gasteiger partial charge >= 0.3 is 0 Å². The van der Waals surface area contributed by atoms with E-state index in [2.05, 4.69) is 31.2 Å². The molecule has 3 heteroatoms. The van der Waals surface area contributed by atoms with Crippen LogP contribution in [0, 0.1) is 41.4 Å². The molecule has 6 atom stereocenters. The third kappa shape index (κ3) is 2.53. The number of fused-ring (bicyclic) bond motifs is 5. The van der Waals surface area contributed by atoms with Crippen molar-refractivity contribution in [1.29, 1.82) is 0 Å². The number of ketones is 1. The highest BCUT2D eigenvalue weighted by Gasteiger charge is 2.60. The van der Waals surface area contributed by atoms with Crippen molar-refractivity contribution >= 4 is 11.9 Å². The first-order valence-electron chi connectivity index (χ1n) is 11.6. The number of hydrogen-bond donors (Lipinski definition) is 0. The van der Waals surface area contributed by atoms with E-state index in [4.69, 9.17) is 0 Å². The Morgan fingerprint density at radius 3 is 2.68 bits per heavy atom. The first-order chi connectivity index (χ1) is 13.3. The molecule has 152 valence electrons. The SMILES string of the molecule is Cc1nn(C)cc1/C=C1\C[C@H]2[C@@H]3CC[C@H]4CCCC[C@]4(C)[C@H]3CC[C@]2(C)C1=O. The van der Waals surface area contributed by atoms with Gasteiger partial charge in [0.1, 0.15) is 0 Å². The third-order valence-corrected chi connectivity index (χ3v) is 9.60. The lowest BCUT2D eigenvalue weighted by Crippen LogP contribution is -2.52. The van der Waals surface area contributed by atoms with E-state index in [0.717, 1.165) is 47.4 Å². The second kappa shape index (κ2) is 6.31. The summed E-state index contributed by atoms with van der Waals surface area (Å²) in [5.41, 5.74) is 3.63. The lowest BCUT2D eigenvalue weighted by molar-refractivity contribution is -0.137. The van der Waals surface area contributed by atoms with Gasteiger partial charge in [-0.3, -0.25) is 9.48 Å². The van der Waals surface area contributed by atoms with Crippen molar-refractivity contribution in [2.24, 2.45) is 41.5 Å². The van der Waals surface area contributed by atoms with Gasteiger partial charge in [0.25, 0.3) is 0 Å². The van der Waals surface area contributed by atoms with E-state index in [0.29, 0.717) is 17.1 Å². The molecule has 4 fully saturated rings. The smallest absolute Gasteiger partial charge is 0.165 e. The molecule has 4 aliphatic rings. The highest BCUT2D eigenvalue weighted by molar-refractivity contribution is 6.06. The fraction of sp³-hybridized carbons (Fsp3) is 0.760. The van der Waals surface area contributed by atoms with E-state index in [1.54, 1.807) is 0 Å². The van der Waals surface area contributed by atoms with Crippen LogP contribution in [-0.2, 0) is 11.8 Å². The van der Waals surface area contributed by atoms with E-state index in [1.807, 2.05) is 18.7 Å². The molecule has 0 N–H and O–H groups in total. The summed E-state index contributed by atoms with van der Waals surface area (Å²) in [6.07, 6.45) is 16.1. The molecule has 0 spiro atoms. The van der Waals surface area contributed by atoms with Crippen LogP contribution >= 0.6 is 0 Å². The molecule has 1 heterocycles. The molecular formula is C25H36N2O. The predicted molar refractivity (Wildman–Crippen MR) is 113 cm³/mol. The lowest BCUT2D eigenvalue weighted by Gasteiger charge is -2.59. The highest BCUT2D eigenvalue weighted by Crippen LogP contribution is 2.66. The molecule has 0 radical (unpaired) electrons. The van der Waals surface area contributed by atoms with Crippen molar-refractivity contribution in [2.45, 2.75) is 78.6 Å². The molecule has 3 nitrogen and oxygen atoms in total. The Morgan fingerprint density at radius 1 is 1.11 bits per heavy atom. The van der Waals surface area contributed by atoms with Crippen molar-refractivity contribution in [2.75, 3.05) is 0 Å². The molecule has 0 unspecified atom stereocenters. The second-order valence-electron chi connectivity index (χ2n) is 10.9. The zero-order valence-electron chi connectivity index (χ0n) is 18.1. The van der Waals surface area contributed by atoms with E-state index < -0.39 is 0 Å². The third-order valence-electron chi connectivity index (χ3n) is 9.60. The summed E-state index contributed by atoms with van der Waals surface area (Å²) in [5.74, 6) is 3.54. The van der Waals surface area contributed by atoms with Gasteiger partial charge in [0.05, 0.1) is 5.69 Å². The standard InChI is InChI=1S/C25H36N2O/c1-16-18(15-27(4)26-16)13-17-14-22-20-9-8-19-7-5-6-11-24(19,2)21(20)10-12-25(22,3)23(17)28/h13,15,19-22H,5-12,14H2,1-4H3/b17-13+/t19-,20-,21+,22+,24+,25+/m1/s1. The van der Waals surface area contributed by atoms with E-state index in [9.17, 15) is 4.79 Å². The minimum absolute atomic E-state index is 0.124. The minimum Gasteiger partial charge on any atom is -0.294 e. The Balaban J connectivity index is 1.47. The maximum atomic E-state index is 13.5. The monoisotopic (exact) mass is 380 g/mol. The number of carbonyl (C=O) groups is 1. The Bertz CT molecular complexity index is 836. The van der Waals surface area contributed by atoms with Crippen LogP contribution in [0.2, 0.25) is 0 Å². The molecular weight excluding hydrogens is 344 g/mol. The summed E-state index contributed by atoms with van der Waals surface area (Å²) < 4.78 is 1.86. The summed E-state index contributed by atoms with van der Waals surface area (Å²) >= 11 is 0. The summed E-state index contributed by atoms with van der Waals surface area (Å²) in [4.78, 5) is 13.5. The van der Waals surface area contributed by atoms with Gasteiger partial charge in [-0.15, -0.1) is 0 Å². The zero-order chi connectivity index (χ0) is 19.7. The quantitative estimate of drug-likeness (QED) is 0.584. The van der Waals surface area contributed by atoms with Crippen LogP contribution in [0.15, 0.2) is 11.8 Å². The van der Waals surface area contributed by atoms with Gasteiger partial charge in [0.15, 0.2) is 5.78 Å². The van der Waals surface area contributed by atoms with Crippen molar-refractivity contribution in [3.05, 3.63) is 23.0 Å². The molecule has 5 rings (SSSR count). The van der Waals surface area contributed by atoms with Gasteiger partial charge in [-0.2, -0.15) is 5.10 Å². The number of aryl methyl sites for hydroxylation is 2. The number of Topliss-reactive ketones (excluding diaryl/α,β-unsaturated/α-hetero) is 1. The predicted octanol–water partition coefficient (Wildman–Crippen LogP) is 5.72. The summed E-state index contributed by atoms with van der Waals surface area (Å²) in [7, 11) is 1.96. The van der Waals surface area contributed by atoms with Gasteiger partial charge in [0, 0.05) is 24.2 Å². The molecule has 4 aliphatic carbocycles. The zero-order valence-corrected chi connectivity index (χ0v) is 18.1. The van der Waals surface area contributed by atoms with E-state index >= 15 is 0 Å². The number of aromatic nitrogens is 2. The maximum absolute atomic E-state index is 13.5. The van der Waals surface area contributed by atoms with Crippen LogP contribution in [0.4, 0.5) is 0 Å². The summed E-state index contributed by atoms with van der Waals surface area (Å²) in [6, 6.07) is 0. The fourth-order valence-corrected chi connectivity index (χ4v) is 8.04. The Labute approximate surface area is 170 Å². The first-order valence-corrected chi connectivity index (χ1v) is 11.6. The molecule has 0 amide bonds. The second-order valence-corrected chi connectivity index (χ2v) is 10.9. The van der Waals surface area contributed by atoms with Gasteiger partial charge in [-0.05, 0) is 92.6 Å². The number of hydrogen-bond acceptors (Lipinski definition) is 2. The molecule has 0 saturated heterocycles. The van der Waals surface area contributed by atoms with Gasteiger partial charge in [-0.1, -0.05) is 26.7 Å². The molecule has 28 heavy (non-hydrogen) atoms. The van der Waals surface area contributed by atoms with Crippen LogP contribution < -0.4 is 0 Å². The number of rotatable bonds is 1. The van der Waals surface area contributed by atoms with Crippen molar-refractivity contribution < 1.29 is 4.79 Å². The molecule has 1 aromatic rings. The first kappa shape index (κ1) is 18.6. The van der Waals surface area contributed by atoms with Crippen LogP contribution in [0.25, 0.3) is 6.08 Å². The number of allylic oxidation sites excluding steroid dienone is 1. The summed E-state index contributed by atoms with van der Waals surface area (Å²) in [6.45, 7) is 6.95. The van der Waals surface area contributed by atoms with Crippen LogP contribution in [0.1, 0.15) is 82.9 Å². The molecule has 4 saturated carbocycles. The summed E-state index contributed by atoms with van der Waals surface area (Å²) in [5, 5.41) is 4.47. The van der Waals surface area contributed by atoms with Crippen molar-refractivity contribution in [3.8, 4) is 0 Å².